The number of rotatable bonds is 4. The molecule has 2 N–H and O–H groups in total. The van der Waals surface area contributed by atoms with Gasteiger partial charge >= 0.3 is 5.97 Å². The Morgan fingerprint density at radius 2 is 2.07 bits per heavy atom. The predicted molar refractivity (Wildman–Crippen MR) is 51.7 cm³/mol. The Hall–Kier alpha value is -1.32. The summed E-state index contributed by atoms with van der Waals surface area (Å²) in [6, 6.07) is 0. The zero-order chi connectivity index (χ0) is 10.6. The summed E-state index contributed by atoms with van der Waals surface area (Å²) < 4.78 is 0. The minimum atomic E-state index is -0.860. The molecule has 1 amide bonds. The van der Waals surface area contributed by atoms with Gasteiger partial charge in [0.05, 0.1) is 11.8 Å². The van der Waals surface area contributed by atoms with Gasteiger partial charge in [0.2, 0.25) is 5.91 Å². The molecule has 1 saturated carbocycles. The van der Waals surface area contributed by atoms with E-state index in [1.54, 1.807) is 6.08 Å². The Labute approximate surface area is 83.0 Å². The molecule has 0 saturated heterocycles. The standard InChI is InChI=1S/C10H15NO3/c1-2-6-11-9(12)7-4-3-5-8(7)10(13)14/h2,7-8H,1,3-6H2,(H,11,12)(H,13,14). The van der Waals surface area contributed by atoms with Crippen LogP contribution in [0.25, 0.3) is 0 Å². The summed E-state index contributed by atoms with van der Waals surface area (Å²) >= 11 is 0. The van der Waals surface area contributed by atoms with Gasteiger partial charge in [-0.25, -0.2) is 0 Å². The van der Waals surface area contributed by atoms with Crippen LogP contribution in [-0.2, 0) is 9.59 Å². The summed E-state index contributed by atoms with van der Waals surface area (Å²) in [6.45, 7) is 3.89. The molecule has 0 spiro atoms. The van der Waals surface area contributed by atoms with Gasteiger partial charge < -0.3 is 10.4 Å². The van der Waals surface area contributed by atoms with Crippen LogP contribution in [0.5, 0.6) is 0 Å². The number of hydrogen-bond acceptors (Lipinski definition) is 2. The van der Waals surface area contributed by atoms with Crippen molar-refractivity contribution in [2.24, 2.45) is 11.8 Å². The Balaban J connectivity index is 2.53. The molecule has 0 aromatic heterocycles. The number of amides is 1. The van der Waals surface area contributed by atoms with Gasteiger partial charge in [-0.3, -0.25) is 9.59 Å². The van der Waals surface area contributed by atoms with Crippen molar-refractivity contribution in [3.63, 3.8) is 0 Å². The first-order valence-electron chi connectivity index (χ1n) is 4.78. The molecule has 2 unspecified atom stereocenters. The molecule has 0 bridgehead atoms. The van der Waals surface area contributed by atoms with E-state index in [0.717, 1.165) is 6.42 Å². The molecule has 1 aliphatic rings. The Morgan fingerprint density at radius 3 is 2.64 bits per heavy atom. The lowest BCUT2D eigenvalue weighted by Crippen LogP contribution is -2.35. The van der Waals surface area contributed by atoms with Gasteiger partial charge in [0.1, 0.15) is 0 Å². The van der Waals surface area contributed by atoms with Crippen LogP contribution >= 0.6 is 0 Å². The van der Waals surface area contributed by atoms with Crippen molar-refractivity contribution >= 4 is 11.9 Å². The summed E-state index contributed by atoms with van der Waals surface area (Å²) in [7, 11) is 0. The fourth-order valence-electron chi connectivity index (χ4n) is 1.87. The molecule has 1 fully saturated rings. The summed E-state index contributed by atoms with van der Waals surface area (Å²) in [4.78, 5) is 22.3. The van der Waals surface area contributed by atoms with Crippen molar-refractivity contribution in [2.45, 2.75) is 19.3 Å². The van der Waals surface area contributed by atoms with Crippen molar-refractivity contribution in [3.8, 4) is 0 Å². The highest BCUT2D eigenvalue weighted by molar-refractivity contribution is 5.85. The lowest BCUT2D eigenvalue weighted by molar-refractivity contribution is -0.146. The first-order chi connectivity index (χ1) is 6.66. The van der Waals surface area contributed by atoms with Crippen LogP contribution < -0.4 is 5.32 Å². The van der Waals surface area contributed by atoms with Crippen LogP contribution in [0.1, 0.15) is 19.3 Å². The molecule has 78 valence electrons. The van der Waals surface area contributed by atoms with Gasteiger partial charge in [0.15, 0.2) is 0 Å². The third kappa shape index (κ3) is 2.34. The van der Waals surface area contributed by atoms with Gasteiger partial charge in [-0.15, -0.1) is 6.58 Å². The molecule has 0 aliphatic heterocycles. The average Bonchev–Trinajstić information content (AvgIpc) is 2.62. The zero-order valence-electron chi connectivity index (χ0n) is 8.03. The van der Waals surface area contributed by atoms with E-state index in [1.165, 1.54) is 0 Å². The molecule has 1 rings (SSSR count). The Kier molecular flexibility index (Phi) is 3.68. The van der Waals surface area contributed by atoms with Gasteiger partial charge in [-0.1, -0.05) is 12.5 Å². The van der Waals surface area contributed by atoms with Gasteiger partial charge in [-0.05, 0) is 12.8 Å². The number of carboxylic acids is 1. The molecule has 0 heterocycles. The number of carboxylic acid groups (broad SMARTS) is 1. The lowest BCUT2D eigenvalue weighted by Gasteiger charge is -2.14. The number of carbonyl (C=O) groups is 2. The number of hydrogen-bond donors (Lipinski definition) is 2. The fraction of sp³-hybridized carbons (Fsp3) is 0.600. The zero-order valence-corrected chi connectivity index (χ0v) is 8.03. The summed E-state index contributed by atoms with van der Waals surface area (Å²) in [5.74, 6) is -1.87. The first kappa shape index (κ1) is 10.8. The highest BCUT2D eigenvalue weighted by Crippen LogP contribution is 2.31. The smallest absolute Gasteiger partial charge is 0.307 e. The SMILES string of the molecule is C=CCNC(=O)C1CCCC1C(=O)O. The van der Waals surface area contributed by atoms with Crippen molar-refractivity contribution < 1.29 is 14.7 Å². The van der Waals surface area contributed by atoms with E-state index in [9.17, 15) is 9.59 Å². The highest BCUT2D eigenvalue weighted by atomic mass is 16.4. The van der Waals surface area contributed by atoms with E-state index in [-0.39, 0.29) is 11.8 Å². The molecule has 0 radical (unpaired) electrons. The van der Waals surface area contributed by atoms with E-state index < -0.39 is 11.9 Å². The molecule has 0 aromatic carbocycles. The molecule has 14 heavy (non-hydrogen) atoms. The van der Waals surface area contributed by atoms with Gasteiger partial charge in [0.25, 0.3) is 0 Å². The minimum Gasteiger partial charge on any atom is -0.481 e. The van der Waals surface area contributed by atoms with Gasteiger partial charge in [-0.2, -0.15) is 0 Å². The number of carbonyl (C=O) groups excluding carboxylic acids is 1. The maximum atomic E-state index is 11.5. The van der Waals surface area contributed by atoms with E-state index in [1.807, 2.05) is 0 Å². The Bertz CT molecular complexity index is 250. The second kappa shape index (κ2) is 4.79. The van der Waals surface area contributed by atoms with Crippen LogP contribution in [0.3, 0.4) is 0 Å². The molecular weight excluding hydrogens is 182 g/mol. The minimum absolute atomic E-state index is 0.158. The second-order valence-electron chi connectivity index (χ2n) is 3.52. The summed E-state index contributed by atoms with van der Waals surface area (Å²) in [5.41, 5.74) is 0. The van der Waals surface area contributed by atoms with Crippen LogP contribution in [0, 0.1) is 11.8 Å². The van der Waals surface area contributed by atoms with E-state index in [4.69, 9.17) is 5.11 Å². The average molecular weight is 197 g/mol. The van der Waals surface area contributed by atoms with E-state index in [2.05, 4.69) is 11.9 Å². The molecule has 4 nitrogen and oxygen atoms in total. The van der Waals surface area contributed by atoms with Crippen LogP contribution in [0.15, 0.2) is 12.7 Å². The van der Waals surface area contributed by atoms with Gasteiger partial charge in [0, 0.05) is 6.54 Å². The monoisotopic (exact) mass is 197 g/mol. The molecule has 0 aromatic rings. The van der Waals surface area contributed by atoms with E-state index in [0.29, 0.717) is 19.4 Å². The first-order valence-corrected chi connectivity index (χ1v) is 4.78. The third-order valence-electron chi connectivity index (χ3n) is 2.59. The fourth-order valence-corrected chi connectivity index (χ4v) is 1.87. The number of nitrogens with one attached hydrogen (secondary N) is 1. The van der Waals surface area contributed by atoms with Crippen molar-refractivity contribution in [1.82, 2.24) is 5.32 Å². The predicted octanol–water partition coefficient (Wildman–Crippen LogP) is 0.790. The van der Waals surface area contributed by atoms with Crippen molar-refractivity contribution in [1.29, 1.82) is 0 Å². The quantitative estimate of drug-likeness (QED) is 0.655. The molecule has 1 aliphatic carbocycles. The van der Waals surface area contributed by atoms with Crippen LogP contribution in [0.4, 0.5) is 0 Å². The third-order valence-corrected chi connectivity index (χ3v) is 2.59. The van der Waals surface area contributed by atoms with E-state index >= 15 is 0 Å². The largest absolute Gasteiger partial charge is 0.481 e. The molecule has 2 atom stereocenters. The summed E-state index contributed by atoms with van der Waals surface area (Å²) in [5, 5.41) is 11.5. The molecular formula is C10H15NO3. The molecule has 4 heteroatoms. The maximum absolute atomic E-state index is 11.5. The van der Waals surface area contributed by atoms with Crippen LogP contribution in [0.2, 0.25) is 0 Å². The van der Waals surface area contributed by atoms with Crippen LogP contribution in [-0.4, -0.2) is 23.5 Å². The maximum Gasteiger partial charge on any atom is 0.307 e. The topological polar surface area (TPSA) is 66.4 Å². The Morgan fingerprint density at radius 1 is 1.43 bits per heavy atom. The highest BCUT2D eigenvalue weighted by Gasteiger charge is 2.37. The lowest BCUT2D eigenvalue weighted by atomic mass is 9.95. The number of aliphatic carboxylic acids is 1. The summed E-state index contributed by atoms with van der Waals surface area (Å²) in [6.07, 6.45) is 3.70. The van der Waals surface area contributed by atoms with Crippen molar-refractivity contribution in [2.75, 3.05) is 6.54 Å². The second-order valence-corrected chi connectivity index (χ2v) is 3.52. The van der Waals surface area contributed by atoms with Crippen molar-refractivity contribution in [3.05, 3.63) is 12.7 Å². The normalized spacial score (nSPS) is 25.7.